The van der Waals surface area contributed by atoms with Crippen LogP contribution in [-0.2, 0) is 0 Å². The van der Waals surface area contributed by atoms with Crippen molar-refractivity contribution in [2.24, 2.45) is 0 Å². The molecule has 0 aliphatic rings. The summed E-state index contributed by atoms with van der Waals surface area (Å²) < 4.78 is 0. The Balaban J connectivity index is 3.07. The molecule has 0 amide bonds. The van der Waals surface area contributed by atoms with Gasteiger partial charge in [-0.05, 0) is 25.7 Å². The summed E-state index contributed by atoms with van der Waals surface area (Å²) in [5, 5.41) is 0. The summed E-state index contributed by atoms with van der Waals surface area (Å²) >= 11 is 0. The highest BCUT2D eigenvalue weighted by atomic mass is 14.0. The van der Waals surface area contributed by atoms with Gasteiger partial charge in [-0.15, -0.1) is 0 Å². The van der Waals surface area contributed by atoms with Crippen molar-refractivity contribution in [3.63, 3.8) is 0 Å². The van der Waals surface area contributed by atoms with E-state index in [-0.39, 0.29) is 0 Å². The number of hydrogen-bond donors (Lipinski definition) is 0. The standard InChI is InChI=1S/C36H72/c1-3-5-7-9-11-13-15-17-19-21-23-25-27-29-31-33-35-36-34-32-30-28-26-24-22-20-18-16-14-12-10-8-6-4-2/h29,31H,3-28,30,32-36H2,1-2H3. The molecule has 0 aliphatic carbocycles. The van der Waals surface area contributed by atoms with Crippen LogP contribution >= 0.6 is 0 Å². The third-order valence-electron chi connectivity index (χ3n) is 8.12. The van der Waals surface area contributed by atoms with E-state index < -0.39 is 0 Å². The Bertz CT molecular complexity index is 381. The Kier molecular flexibility index (Phi) is 34.5. The number of unbranched alkanes of at least 4 members (excludes halogenated alkanes) is 30. The van der Waals surface area contributed by atoms with E-state index in [0.717, 1.165) is 0 Å². The fourth-order valence-electron chi connectivity index (χ4n) is 5.50. The second-order valence-electron chi connectivity index (χ2n) is 11.9. The quantitative estimate of drug-likeness (QED) is 0.0631. The summed E-state index contributed by atoms with van der Waals surface area (Å²) in [6, 6.07) is 0. The summed E-state index contributed by atoms with van der Waals surface area (Å²) in [5.74, 6) is 0. The highest BCUT2D eigenvalue weighted by Crippen LogP contribution is 2.15. The SMILES string of the molecule is CCCCCCCCCCCCCCC=CCCCCCCCCCCCCCCCCCCCC. The molecule has 0 radical (unpaired) electrons. The topological polar surface area (TPSA) is 0 Å². The average Bonchev–Trinajstić information content (AvgIpc) is 2.89. The van der Waals surface area contributed by atoms with E-state index in [0.29, 0.717) is 0 Å². The molecule has 0 aromatic heterocycles. The Morgan fingerprint density at radius 1 is 0.222 bits per heavy atom. The third-order valence-corrected chi connectivity index (χ3v) is 8.12. The molecule has 0 aliphatic heterocycles. The average molecular weight is 505 g/mol. The van der Waals surface area contributed by atoms with Gasteiger partial charge in [0.1, 0.15) is 0 Å². The molecule has 216 valence electrons. The summed E-state index contributed by atoms with van der Waals surface area (Å²) in [5.41, 5.74) is 0. The minimum absolute atomic E-state index is 1.32. The first-order chi connectivity index (χ1) is 17.9. The molecule has 0 unspecified atom stereocenters. The lowest BCUT2D eigenvalue weighted by Gasteiger charge is -2.03. The minimum atomic E-state index is 1.32. The van der Waals surface area contributed by atoms with E-state index in [1.54, 1.807) is 0 Å². The van der Waals surface area contributed by atoms with Gasteiger partial charge in [0.15, 0.2) is 0 Å². The lowest BCUT2D eigenvalue weighted by Crippen LogP contribution is -1.84. The molecule has 0 fully saturated rings. The zero-order valence-corrected chi connectivity index (χ0v) is 25.8. The molecule has 0 nitrogen and oxygen atoms in total. The molecular weight excluding hydrogens is 432 g/mol. The molecular formula is C36H72. The second kappa shape index (κ2) is 34.7. The maximum absolute atomic E-state index is 2.46. The van der Waals surface area contributed by atoms with Gasteiger partial charge in [-0.1, -0.05) is 206 Å². The van der Waals surface area contributed by atoms with Crippen LogP contribution in [0.4, 0.5) is 0 Å². The summed E-state index contributed by atoms with van der Waals surface area (Å²) in [6.07, 6.45) is 51.4. The second-order valence-corrected chi connectivity index (χ2v) is 11.9. The lowest BCUT2D eigenvalue weighted by molar-refractivity contribution is 0.525. The Labute approximate surface area is 231 Å². The zero-order valence-electron chi connectivity index (χ0n) is 25.8. The van der Waals surface area contributed by atoms with Gasteiger partial charge >= 0.3 is 0 Å². The van der Waals surface area contributed by atoms with E-state index in [1.807, 2.05) is 0 Å². The van der Waals surface area contributed by atoms with Crippen LogP contribution in [0, 0.1) is 0 Å². The molecule has 0 heteroatoms. The van der Waals surface area contributed by atoms with Crippen molar-refractivity contribution in [1.82, 2.24) is 0 Å². The molecule has 0 saturated carbocycles. The number of hydrogen-bond acceptors (Lipinski definition) is 0. The Morgan fingerprint density at radius 3 is 0.583 bits per heavy atom. The van der Waals surface area contributed by atoms with Crippen LogP contribution in [0.2, 0.25) is 0 Å². The van der Waals surface area contributed by atoms with Gasteiger partial charge < -0.3 is 0 Å². The molecule has 0 bridgehead atoms. The normalized spacial score (nSPS) is 11.7. The van der Waals surface area contributed by atoms with Crippen LogP contribution in [0.15, 0.2) is 12.2 Å². The smallest absolute Gasteiger partial charge is 0.0351 e. The molecule has 0 aromatic rings. The molecule has 0 N–H and O–H groups in total. The van der Waals surface area contributed by atoms with Crippen molar-refractivity contribution in [2.45, 2.75) is 219 Å². The van der Waals surface area contributed by atoms with Gasteiger partial charge in [0.25, 0.3) is 0 Å². The Morgan fingerprint density at radius 2 is 0.389 bits per heavy atom. The molecule has 0 rings (SSSR count). The van der Waals surface area contributed by atoms with Crippen LogP contribution in [0.5, 0.6) is 0 Å². The van der Waals surface area contributed by atoms with Crippen molar-refractivity contribution in [1.29, 1.82) is 0 Å². The third kappa shape index (κ3) is 33.7. The minimum Gasteiger partial charge on any atom is -0.0885 e. The molecule has 0 aromatic carbocycles. The molecule has 0 heterocycles. The monoisotopic (exact) mass is 505 g/mol. The van der Waals surface area contributed by atoms with Gasteiger partial charge in [-0.25, -0.2) is 0 Å². The van der Waals surface area contributed by atoms with Gasteiger partial charge in [0.2, 0.25) is 0 Å². The summed E-state index contributed by atoms with van der Waals surface area (Å²) in [4.78, 5) is 0. The van der Waals surface area contributed by atoms with Crippen molar-refractivity contribution in [3.05, 3.63) is 12.2 Å². The van der Waals surface area contributed by atoms with Gasteiger partial charge in [-0.3, -0.25) is 0 Å². The predicted molar refractivity (Wildman–Crippen MR) is 168 cm³/mol. The molecule has 36 heavy (non-hydrogen) atoms. The van der Waals surface area contributed by atoms with E-state index in [9.17, 15) is 0 Å². The van der Waals surface area contributed by atoms with E-state index >= 15 is 0 Å². The van der Waals surface area contributed by atoms with Crippen LogP contribution in [0.1, 0.15) is 219 Å². The van der Waals surface area contributed by atoms with Crippen LogP contribution in [0.3, 0.4) is 0 Å². The van der Waals surface area contributed by atoms with E-state index in [1.165, 1.54) is 205 Å². The highest BCUT2D eigenvalue weighted by molar-refractivity contribution is 4.81. The predicted octanol–water partition coefficient (Wildman–Crippen LogP) is 14.1. The fourth-order valence-corrected chi connectivity index (χ4v) is 5.50. The fraction of sp³-hybridized carbons (Fsp3) is 0.944. The van der Waals surface area contributed by atoms with E-state index in [4.69, 9.17) is 0 Å². The largest absolute Gasteiger partial charge is 0.0885 e. The van der Waals surface area contributed by atoms with Gasteiger partial charge in [0.05, 0.1) is 0 Å². The first-order valence-electron chi connectivity index (χ1n) is 17.6. The first kappa shape index (κ1) is 35.7. The van der Waals surface area contributed by atoms with Crippen molar-refractivity contribution >= 4 is 0 Å². The van der Waals surface area contributed by atoms with Crippen LogP contribution in [-0.4, -0.2) is 0 Å². The van der Waals surface area contributed by atoms with Crippen molar-refractivity contribution in [3.8, 4) is 0 Å². The summed E-state index contributed by atoms with van der Waals surface area (Å²) in [7, 11) is 0. The maximum Gasteiger partial charge on any atom is -0.0351 e. The lowest BCUT2D eigenvalue weighted by atomic mass is 10.0. The van der Waals surface area contributed by atoms with E-state index in [2.05, 4.69) is 26.0 Å². The van der Waals surface area contributed by atoms with Crippen molar-refractivity contribution in [2.75, 3.05) is 0 Å². The highest BCUT2D eigenvalue weighted by Gasteiger charge is 1.96. The number of allylic oxidation sites excluding steroid dienone is 2. The van der Waals surface area contributed by atoms with Crippen LogP contribution in [0.25, 0.3) is 0 Å². The molecule has 0 atom stereocenters. The maximum atomic E-state index is 2.46. The van der Waals surface area contributed by atoms with Gasteiger partial charge in [0, 0.05) is 0 Å². The molecule has 0 saturated heterocycles. The molecule has 0 spiro atoms. The summed E-state index contributed by atoms with van der Waals surface area (Å²) in [6.45, 7) is 4.61. The first-order valence-corrected chi connectivity index (χ1v) is 17.6. The zero-order chi connectivity index (χ0) is 26.0. The Hall–Kier alpha value is -0.260. The van der Waals surface area contributed by atoms with Gasteiger partial charge in [-0.2, -0.15) is 0 Å². The van der Waals surface area contributed by atoms with Crippen molar-refractivity contribution < 1.29 is 0 Å². The van der Waals surface area contributed by atoms with Crippen LogP contribution < -0.4 is 0 Å². The number of rotatable bonds is 32.